The SMILES string of the molecule is Cc1ccc(CN(C(=O)CN(c2ccccc2F)S(=O)(=O)N(C)C)[C@@H](C)C(=O)NC(C)C)cc1. The molecule has 10 heteroatoms. The van der Waals surface area contributed by atoms with Crippen molar-refractivity contribution in [3.05, 3.63) is 65.5 Å². The normalized spacial score (nSPS) is 12.5. The van der Waals surface area contributed by atoms with Crippen LogP contribution in [0.1, 0.15) is 31.9 Å². The van der Waals surface area contributed by atoms with Gasteiger partial charge in [0, 0.05) is 26.7 Å². The second-order valence-corrected chi connectivity index (χ2v) is 10.7. The highest BCUT2D eigenvalue weighted by Crippen LogP contribution is 2.24. The summed E-state index contributed by atoms with van der Waals surface area (Å²) < 4.78 is 42.3. The Hall–Kier alpha value is -2.98. The first-order chi connectivity index (χ1) is 15.8. The van der Waals surface area contributed by atoms with Crippen LogP contribution in [0.25, 0.3) is 0 Å². The number of carbonyl (C=O) groups excluding carboxylic acids is 2. The van der Waals surface area contributed by atoms with Gasteiger partial charge in [0.15, 0.2) is 0 Å². The molecule has 0 fully saturated rings. The largest absolute Gasteiger partial charge is 0.352 e. The van der Waals surface area contributed by atoms with Crippen LogP contribution in [0.4, 0.5) is 10.1 Å². The summed E-state index contributed by atoms with van der Waals surface area (Å²) in [5, 5.41) is 2.78. The highest BCUT2D eigenvalue weighted by Gasteiger charge is 2.33. The Kier molecular flexibility index (Phi) is 9.17. The first-order valence-electron chi connectivity index (χ1n) is 10.9. The minimum atomic E-state index is -4.21. The average molecular weight is 493 g/mol. The fourth-order valence-corrected chi connectivity index (χ4v) is 4.30. The van der Waals surface area contributed by atoms with Crippen molar-refractivity contribution in [3.8, 4) is 0 Å². The van der Waals surface area contributed by atoms with E-state index in [4.69, 9.17) is 0 Å². The number of para-hydroxylation sites is 1. The van der Waals surface area contributed by atoms with Crippen LogP contribution >= 0.6 is 0 Å². The molecular formula is C24H33FN4O4S. The molecule has 0 aliphatic rings. The quantitative estimate of drug-likeness (QED) is 0.552. The molecule has 8 nitrogen and oxygen atoms in total. The maximum Gasteiger partial charge on any atom is 0.304 e. The monoisotopic (exact) mass is 492 g/mol. The molecule has 0 saturated heterocycles. The number of nitrogens with one attached hydrogen (secondary N) is 1. The maximum absolute atomic E-state index is 14.6. The van der Waals surface area contributed by atoms with Crippen molar-refractivity contribution in [2.45, 2.75) is 46.3 Å². The molecule has 1 N–H and O–H groups in total. The topological polar surface area (TPSA) is 90.0 Å². The fourth-order valence-electron chi connectivity index (χ4n) is 3.23. The molecule has 0 aliphatic carbocycles. The molecule has 2 amide bonds. The van der Waals surface area contributed by atoms with Gasteiger partial charge in [-0.05, 0) is 45.4 Å². The predicted molar refractivity (Wildman–Crippen MR) is 131 cm³/mol. The Morgan fingerprint density at radius 1 is 1.00 bits per heavy atom. The lowest BCUT2D eigenvalue weighted by molar-refractivity contribution is -0.139. The second kappa shape index (κ2) is 11.4. The van der Waals surface area contributed by atoms with E-state index in [1.54, 1.807) is 20.8 Å². The molecular weight excluding hydrogens is 459 g/mol. The van der Waals surface area contributed by atoms with Crippen LogP contribution in [0.2, 0.25) is 0 Å². The van der Waals surface area contributed by atoms with Gasteiger partial charge < -0.3 is 10.2 Å². The number of benzene rings is 2. The van der Waals surface area contributed by atoms with Crippen molar-refractivity contribution in [3.63, 3.8) is 0 Å². The summed E-state index contributed by atoms with van der Waals surface area (Å²) in [6.07, 6.45) is 0. The molecule has 1 atom stereocenters. The van der Waals surface area contributed by atoms with Crippen molar-refractivity contribution in [2.24, 2.45) is 0 Å². The molecule has 0 radical (unpaired) electrons. The van der Waals surface area contributed by atoms with Crippen molar-refractivity contribution >= 4 is 27.7 Å². The number of hydrogen-bond acceptors (Lipinski definition) is 4. The van der Waals surface area contributed by atoms with E-state index in [-0.39, 0.29) is 24.2 Å². The number of rotatable bonds is 10. The van der Waals surface area contributed by atoms with Crippen LogP contribution in [0.3, 0.4) is 0 Å². The summed E-state index contributed by atoms with van der Waals surface area (Å²) in [7, 11) is -1.60. The Balaban J connectivity index is 2.46. The lowest BCUT2D eigenvalue weighted by Crippen LogP contribution is -2.53. The highest BCUT2D eigenvalue weighted by atomic mass is 32.2. The first-order valence-corrected chi connectivity index (χ1v) is 12.3. The predicted octanol–water partition coefficient (Wildman–Crippen LogP) is 2.69. The van der Waals surface area contributed by atoms with Crippen molar-refractivity contribution < 1.29 is 22.4 Å². The van der Waals surface area contributed by atoms with Crippen LogP contribution in [0, 0.1) is 12.7 Å². The second-order valence-electron chi connectivity index (χ2n) is 8.59. The van der Waals surface area contributed by atoms with Gasteiger partial charge in [-0.1, -0.05) is 42.0 Å². The van der Waals surface area contributed by atoms with E-state index in [2.05, 4.69) is 5.32 Å². The number of anilines is 1. The number of hydrogen-bond donors (Lipinski definition) is 1. The number of amides is 2. The third kappa shape index (κ3) is 6.77. The Bertz CT molecular complexity index is 1100. The molecule has 0 heterocycles. The number of carbonyl (C=O) groups is 2. The summed E-state index contributed by atoms with van der Waals surface area (Å²) in [6, 6.07) is 11.8. The summed E-state index contributed by atoms with van der Waals surface area (Å²) in [4.78, 5) is 27.6. The van der Waals surface area contributed by atoms with Crippen LogP contribution in [0.5, 0.6) is 0 Å². The highest BCUT2D eigenvalue weighted by molar-refractivity contribution is 7.90. The van der Waals surface area contributed by atoms with Crippen LogP contribution in [-0.2, 0) is 26.3 Å². The zero-order chi connectivity index (χ0) is 25.6. The van der Waals surface area contributed by atoms with Gasteiger partial charge in [-0.15, -0.1) is 0 Å². The van der Waals surface area contributed by atoms with E-state index in [9.17, 15) is 22.4 Å². The third-order valence-corrected chi connectivity index (χ3v) is 7.02. The van der Waals surface area contributed by atoms with Crippen LogP contribution in [0.15, 0.2) is 48.5 Å². The number of nitrogens with zero attached hydrogens (tertiary/aromatic N) is 3. The lowest BCUT2D eigenvalue weighted by atomic mass is 10.1. The minimum Gasteiger partial charge on any atom is -0.352 e. The van der Waals surface area contributed by atoms with Gasteiger partial charge in [-0.3, -0.25) is 9.59 Å². The van der Waals surface area contributed by atoms with Crippen LogP contribution in [-0.4, -0.2) is 62.2 Å². The molecule has 0 unspecified atom stereocenters. The Labute approximate surface area is 201 Å². The van der Waals surface area contributed by atoms with Gasteiger partial charge in [0.1, 0.15) is 18.4 Å². The average Bonchev–Trinajstić information content (AvgIpc) is 2.76. The van der Waals surface area contributed by atoms with E-state index in [1.165, 1.54) is 37.2 Å². The summed E-state index contributed by atoms with van der Waals surface area (Å²) in [5.41, 5.74) is 1.56. The van der Waals surface area contributed by atoms with E-state index >= 15 is 0 Å². The van der Waals surface area contributed by atoms with Crippen LogP contribution < -0.4 is 9.62 Å². The van der Waals surface area contributed by atoms with Gasteiger partial charge in [-0.25, -0.2) is 8.70 Å². The maximum atomic E-state index is 14.6. The zero-order valence-electron chi connectivity index (χ0n) is 20.4. The molecule has 0 aromatic heterocycles. The molecule has 2 aromatic rings. The number of aryl methyl sites for hydroxylation is 1. The number of halogens is 1. The molecule has 0 aliphatic heterocycles. The molecule has 186 valence electrons. The zero-order valence-corrected chi connectivity index (χ0v) is 21.3. The van der Waals surface area contributed by atoms with Gasteiger partial charge in [0.05, 0.1) is 5.69 Å². The van der Waals surface area contributed by atoms with Crippen molar-refractivity contribution in [1.82, 2.24) is 14.5 Å². The van der Waals surface area contributed by atoms with Crippen molar-refractivity contribution in [1.29, 1.82) is 0 Å². The molecule has 2 rings (SSSR count). The first kappa shape index (κ1) is 27.3. The van der Waals surface area contributed by atoms with E-state index in [0.717, 1.165) is 25.8 Å². The van der Waals surface area contributed by atoms with E-state index < -0.39 is 34.5 Å². The molecule has 2 aromatic carbocycles. The standard InChI is InChI=1S/C24H33FN4O4S/c1-17(2)26-24(31)19(4)28(15-20-13-11-18(3)12-14-20)23(30)16-29(34(32,33)27(5)6)22-10-8-7-9-21(22)25/h7-14,17,19H,15-16H2,1-6H3,(H,26,31)/t19-/m0/s1. The summed E-state index contributed by atoms with van der Waals surface area (Å²) in [5.74, 6) is -1.79. The Morgan fingerprint density at radius 2 is 1.59 bits per heavy atom. The molecule has 0 saturated carbocycles. The Morgan fingerprint density at radius 3 is 2.12 bits per heavy atom. The minimum absolute atomic E-state index is 0.0823. The van der Waals surface area contributed by atoms with Gasteiger partial charge in [0.25, 0.3) is 0 Å². The molecule has 0 bridgehead atoms. The third-order valence-electron chi connectivity index (χ3n) is 5.21. The van der Waals surface area contributed by atoms with E-state index in [0.29, 0.717) is 0 Å². The van der Waals surface area contributed by atoms with Gasteiger partial charge >= 0.3 is 10.2 Å². The molecule has 34 heavy (non-hydrogen) atoms. The summed E-state index contributed by atoms with van der Waals surface area (Å²) >= 11 is 0. The van der Waals surface area contributed by atoms with Gasteiger partial charge in [0.2, 0.25) is 11.8 Å². The smallest absolute Gasteiger partial charge is 0.304 e. The van der Waals surface area contributed by atoms with E-state index in [1.807, 2.05) is 31.2 Å². The van der Waals surface area contributed by atoms with Gasteiger partial charge in [-0.2, -0.15) is 12.7 Å². The summed E-state index contributed by atoms with van der Waals surface area (Å²) in [6.45, 7) is 6.54. The lowest BCUT2D eigenvalue weighted by Gasteiger charge is -2.33. The van der Waals surface area contributed by atoms with Crippen molar-refractivity contribution in [2.75, 3.05) is 24.9 Å². The fraction of sp³-hybridized carbons (Fsp3) is 0.417. The molecule has 0 spiro atoms.